The molecule has 0 saturated heterocycles. The molecular formula is C14H21N3O3. The first-order valence-electron chi connectivity index (χ1n) is 6.49. The number of hydrogen-bond donors (Lipinski definition) is 2. The molecule has 0 unspecified atom stereocenters. The van der Waals surface area contributed by atoms with Crippen LogP contribution >= 0.6 is 0 Å². The van der Waals surface area contributed by atoms with E-state index in [9.17, 15) is 14.9 Å². The fourth-order valence-electron chi connectivity index (χ4n) is 1.67. The first-order chi connectivity index (χ1) is 9.19. The zero-order chi connectivity index (χ0) is 15.3. The highest BCUT2D eigenvalue weighted by atomic mass is 16.6. The Hall–Kier alpha value is -1.95. The molecule has 0 aliphatic rings. The summed E-state index contributed by atoms with van der Waals surface area (Å²) in [6, 6.07) is 4.65. The van der Waals surface area contributed by atoms with Crippen LogP contribution < -0.4 is 10.6 Å². The molecule has 0 aliphatic heterocycles. The van der Waals surface area contributed by atoms with E-state index in [1.165, 1.54) is 6.07 Å². The second-order valence-corrected chi connectivity index (χ2v) is 5.75. The van der Waals surface area contributed by atoms with E-state index >= 15 is 0 Å². The summed E-state index contributed by atoms with van der Waals surface area (Å²) in [6.45, 7) is 8.37. The Kier molecular flexibility index (Phi) is 5.21. The second kappa shape index (κ2) is 6.47. The fraction of sp³-hybridized carbons (Fsp3) is 0.500. The van der Waals surface area contributed by atoms with Crippen LogP contribution in [0, 0.1) is 17.0 Å². The van der Waals surface area contributed by atoms with Crippen molar-refractivity contribution in [2.45, 2.75) is 39.7 Å². The molecule has 1 rings (SSSR count). The van der Waals surface area contributed by atoms with Crippen LogP contribution in [-0.2, 0) is 4.79 Å². The second-order valence-electron chi connectivity index (χ2n) is 5.75. The van der Waals surface area contributed by atoms with Gasteiger partial charge in [-0.25, -0.2) is 0 Å². The van der Waals surface area contributed by atoms with E-state index in [-0.39, 0.29) is 29.2 Å². The Labute approximate surface area is 118 Å². The molecular weight excluding hydrogens is 258 g/mol. The van der Waals surface area contributed by atoms with Gasteiger partial charge in [-0.15, -0.1) is 0 Å². The number of benzene rings is 1. The highest BCUT2D eigenvalue weighted by molar-refractivity contribution is 5.93. The number of nitro groups is 1. The molecule has 6 heteroatoms. The van der Waals surface area contributed by atoms with Crippen LogP contribution in [0.3, 0.4) is 0 Å². The molecule has 0 aliphatic carbocycles. The summed E-state index contributed by atoms with van der Waals surface area (Å²) in [6.07, 6.45) is 0.266. The van der Waals surface area contributed by atoms with Crippen LogP contribution in [-0.4, -0.2) is 22.9 Å². The minimum Gasteiger partial charge on any atom is -0.320 e. The third-order valence-corrected chi connectivity index (χ3v) is 2.63. The zero-order valence-electron chi connectivity index (χ0n) is 12.3. The minimum absolute atomic E-state index is 0.0599. The largest absolute Gasteiger partial charge is 0.320 e. The van der Waals surface area contributed by atoms with Gasteiger partial charge in [-0.05, 0) is 39.3 Å². The van der Waals surface area contributed by atoms with Crippen molar-refractivity contribution in [2.24, 2.45) is 0 Å². The third-order valence-electron chi connectivity index (χ3n) is 2.63. The summed E-state index contributed by atoms with van der Waals surface area (Å²) >= 11 is 0. The molecule has 1 aromatic rings. The molecule has 2 N–H and O–H groups in total. The smallest absolute Gasteiger partial charge is 0.292 e. The number of rotatable bonds is 5. The van der Waals surface area contributed by atoms with Crippen molar-refractivity contribution in [1.29, 1.82) is 0 Å². The van der Waals surface area contributed by atoms with Crippen molar-refractivity contribution in [3.63, 3.8) is 0 Å². The minimum atomic E-state index is -0.498. The highest BCUT2D eigenvalue weighted by Crippen LogP contribution is 2.25. The number of nitrogens with one attached hydrogen (secondary N) is 2. The van der Waals surface area contributed by atoms with Gasteiger partial charge in [0.15, 0.2) is 0 Å². The van der Waals surface area contributed by atoms with Gasteiger partial charge in [0.05, 0.1) is 4.92 Å². The number of nitrogens with zero attached hydrogens (tertiary/aromatic N) is 1. The predicted molar refractivity (Wildman–Crippen MR) is 78.8 cm³/mol. The van der Waals surface area contributed by atoms with Gasteiger partial charge in [0.1, 0.15) is 5.69 Å². The topological polar surface area (TPSA) is 84.3 Å². The lowest BCUT2D eigenvalue weighted by atomic mass is 10.1. The Morgan fingerprint density at radius 2 is 2.00 bits per heavy atom. The maximum atomic E-state index is 11.8. The summed E-state index contributed by atoms with van der Waals surface area (Å²) < 4.78 is 0. The zero-order valence-corrected chi connectivity index (χ0v) is 12.3. The maximum Gasteiger partial charge on any atom is 0.292 e. The summed E-state index contributed by atoms with van der Waals surface area (Å²) in [4.78, 5) is 22.2. The molecule has 0 saturated carbocycles. The average Bonchev–Trinajstić information content (AvgIpc) is 2.26. The third kappa shape index (κ3) is 5.36. The SMILES string of the molecule is Cc1ccc([N+](=O)[O-])c(NC(=O)CCNC(C)(C)C)c1. The number of carbonyl (C=O) groups is 1. The van der Waals surface area contributed by atoms with Gasteiger partial charge < -0.3 is 10.6 Å². The van der Waals surface area contributed by atoms with E-state index in [0.717, 1.165) is 5.56 Å². The Balaban J connectivity index is 2.66. The first-order valence-corrected chi connectivity index (χ1v) is 6.49. The fourth-order valence-corrected chi connectivity index (χ4v) is 1.67. The quantitative estimate of drug-likeness (QED) is 0.641. The molecule has 1 aromatic carbocycles. The Bertz CT molecular complexity index is 507. The van der Waals surface area contributed by atoms with Crippen molar-refractivity contribution in [1.82, 2.24) is 5.32 Å². The lowest BCUT2D eigenvalue weighted by molar-refractivity contribution is -0.383. The van der Waals surface area contributed by atoms with Gasteiger partial charge in [-0.2, -0.15) is 0 Å². The van der Waals surface area contributed by atoms with E-state index in [1.54, 1.807) is 12.1 Å². The summed E-state index contributed by atoms with van der Waals surface area (Å²) in [5.74, 6) is -0.240. The lowest BCUT2D eigenvalue weighted by Gasteiger charge is -2.20. The molecule has 0 heterocycles. The molecule has 0 spiro atoms. The molecule has 0 aromatic heterocycles. The van der Waals surface area contributed by atoms with Crippen LogP contribution in [0.2, 0.25) is 0 Å². The molecule has 0 bridgehead atoms. The molecule has 1 amide bonds. The molecule has 20 heavy (non-hydrogen) atoms. The normalized spacial score (nSPS) is 11.2. The van der Waals surface area contributed by atoms with Gasteiger partial charge in [-0.1, -0.05) is 6.07 Å². The van der Waals surface area contributed by atoms with E-state index in [4.69, 9.17) is 0 Å². The van der Waals surface area contributed by atoms with Crippen molar-refractivity contribution >= 4 is 17.3 Å². The number of anilines is 1. The van der Waals surface area contributed by atoms with Gasteiger partial charge in [-0.3, -0.25) is 14.9 Å². The molecule has 6 nitrogen and oxygen atoms in total. The summed E-state index contributed by atoms with van der Waals surface area (Å²) in [7, 11) is 0. The standard InChI is InChI=1S/C14H21N3O3/c1-10-5-6-12(17(19)20)11(9-10)16-13(18)7-8-15-14(2,3)4/h5-6,9,15H,7-8H2,1-4H3,(H,16,18). The first kappa shape index (κ1) is 16.1. The van der Waals surface area contributed by atoms with Crippen molar-refractivity contribution in [3.05, 3.63) is 33.9 Å². The Morgan fingerprint density at radius 3 is 2.55 bits per heavy atom. The van der Waals surface area contributed by atoms with Crippen molar-refractivity contribution in [2.75, 3.05) is 11.9 Å². The summed E-state index contributed by atoms with van der Waals surface area (Å²) in [5.41, 5.74) is 0.956. The molecule has 0 atom stereocenters. The monoisotopic (exact) mass is 279 g/mol. The van der Waals surface area contributed by atoms with E-state index < -0.39 is 4.92 Å². The van der Waals surface area contributed by atoms with E-state index in [2.05, 4.69) is 10.6 Å². The molecule has 0 fully saturated rings. The van der Waals surface area contributed by atoms with Crippen molar-refractivity contribution in [3.8, 4) is 0 Å². The number of amides is 1. The van der Waals surface area contributed by atoms with E-state index in [0.29, 0.717) is 6.54 Å². The molecule has 110 valence electrons. The van der Waals surface area contributed by atoms with Gasteiger partial charge in [0.2, 0.25) is 5.91 Å². The number of aryl methyl sites for hydroxylation is 1. The predicted octanol–water partition coefficient (Wildman–Crippen LogP) is 2.62. The molecule has 0 radical (unpaired) electrons. The van der Waals surface area contributed by atoms with Crippen LogP contribution in [0.5, 0.6) is 0 Å². The van der Waals surface area contributed by atoms with Crippen LogP contribution in [0.25, 0.3) is 0 Å². The van der Waals surface area contributed by atoms with Crippen LogP contribution in [0.1, 0.15) is 32.8 Å². The highest BCUT2D eigenvalue weighted by Gasteiger charge is 2.16. The number of nitro benzene ring substituents is 1. The van der Waals surface area contributed by atoms with Crippen molar-refractivity contribution < 1.29 is 9.72 Å². The van der Waals surface area contributed by atoms with E-state index in [1.807, 2.05) is 27.7 Å². The van der Waals surface area contributed by atoms with Crippen LogP contribution in [0.15, 0.2) is 18.2 Å². The maximum absolute atomic E-state index is 11.8. The number of hydrogen-bond acceptors (Lipinski definition) is 4. The van der Waals surface area contributed by atoms with Gasteiger partial charge >= 0.3 is 0 Å². The lowest BCUT2D eigenvalue weighted by Crippen LogP contribution is -2.37. The van der Waals surface area contributed by atoms with Gasteiger partial charge in [0, 0.05) is 24.6 Å². The Morgan fingerprint density at radius 1 is 1.35 bits per heavy atom. The van der Waals surface area contributed by atoms with Crippen LogP contribution in [0.4, 0.5) is 11.4 Å². The summed E-state index contributed by atoms with van der Waals surface area (Å²) in [5, 5.41) is 16.7. The van der Waals surface area contributed by atoms with Gasteiger partial charge in [0.25, 0.3) is 5.69 Å². The number of carbonyl (C=O) groups excluding carboxylic acids is 1. The average molecular weight is 279 g/mol.